The van der Waals surface area contributed by atoms with E-state index in [-0.39, 0.29) is 0 Å². The van der Waals surface area contributed by atoms with Crippen LogP contribution in [0.25, 0.3) is 122 Å². The van der Waals surface area contributed by atoms with Crippen molar-refractivity contribution < 1.29 is 4.42 Å². The average Bonchev–Trinajstić information content (AvgIpc) is 3.74. The molecule has 0 spiro atoms. The van der Waals surface area contributed by atoms with E-state index in [1.165, 1.54) is 33.0 Å². The van der Waals surface area contributed by atoms with Gasteiger partial charge in [-0.25, -0.2) is 15.0 Å². The highest BCUT2D eigenvalue weighted by Gasteiger charge is 2.23. The predicted molar refractivity (Wildman–Crippen MR) is 252 cm³/mol. The summed E-state index contributed by atoms with van der Waals surface area (Å²) in [6.45, 7) is 0. The van der Waals surface area contributed by atoms with Gasteiger partial charge in [0.2, 0.25) is 0 Å². The number of benzene rings is 10. The first-order chi connectivity index (χ1) is 30.2. The van der Waals surface area contributed by atoms with Gasteiger partial charge < -0.3 is 4.42 Å². The van der Waals surface area contributed by atoms with Crippen molar-refractivity contribution in [3.63, 3.8) is 0 Å². The zero-order valence-corrected chi connectivity index (χ0v) is 33.0. The molecule has 0 N–H and O–H groups in total. The van der Waals surface area contributed by atoms with Crippen LogP contribution in [0.4, 0.5) is 0 Å². The van der Waals surface area contributed by atoms with Gasteiger partial charge in [-0.3, -0.25) is 0 Å². The Kier molecular flexibility index (Phi) is 8.13. The summed E-state index contributed by atoms with van der Waals surface area (Å²) in [5.41, 5.74) is 11.4. The lowest BCUT2D eigenvalue weighted by Crippen LogP contribution is -2.00. The maximum atomic E-state index is 6.86. The van der Waals surface area contributed by atoms with Crippen LogP contribution in [0.2, 0.25) is 0 Å². The molecule has 0 atom stereocenters. The summed E-state index contributed by atoms with van der Waals surface area (Å²) in [6, 6.07) is 74.5. The lowest BCUT2D eigenvalue weighted by atomic mass is 9.91. The molecular formula is C57H35N3O. The molecule has 0 aliphatic carbocycles. The predicted octanol–water partition coefficient (Wildman–Crippen LogP) is 15.2. The van der Waals surface area contributed by atoms with Gasteiger partial charge in [-0.15, -0.1) is 0 Å². The molecule has 0 fully saturated rings. The molecule has 0 amide bonds. The van der Waals surface area contributed by atoms with Crippen molar-refractivity contribution in [3.05, 3.63) is 212 Å². The van der Waals surface area contributed by atoms with Gasteiger partial charge in [-0.2, -0.15) is 0 Å². The standard InChI is InChI=1S/C57H35N3O/c1-3-14-36(15-4-1)37-26-28-38(29-27-37)42-18-13-19-43(34-42)39-30-32-41(33-31-39)56-58-55(40-16-5-2-6-17-40)59-57(60-56)50-35-49-46-22-8-7-20-44(46)45-21-9-10-23-47(45)52(49)54-53(50)48-24-11-12-25-51(48)61-54/h1-35H. The Bertz CT molecular complexity index is 3610. The topological polar surface area (TPSA) is 51.8 Å². The van der Waals surface area contributed by atoms with Gasteiger partial charge in [-0.05, 0) is 78.5 Å². The second-order valence-corrected chi connectivity index (χ2v) is 15.5. The number of nitrogens with zero attached hydrogens (tertiary/aromatic N) is 3. The molecule has 4 nitrogen and oxygen atoms in total. The Balaban J connectivity index is 1.01. The van der Waals surface area contributed by atoms with E-state index < -0.39 is 0 Å². The van der Waals surface area contributed by atoms with Crippen LogP contribution in [0.5, 0.6) is 0 Å². The Hall–Kier alpha value is -8.21. The van der Waals surface area contributed by atoms with Gasteiger partial charge >= 0.3 is 0 Å². The summed E-state index contributed by atoms with van der Waals surface area (Å²) in [7, 11) is 0. The van der Waals surface area contributed by atoms with Gasteiger partial charge in [0.25, 0.3) is 0 Å². The quantitative estimate of drug-likeness (QED) is 0.158. The Morgan fingerprint density at radius 1 is 0.262 bits per heavy atom. The van der Waals surface area contributed by atoms with Crippen molar-refractivity contribution in [1.82, 2.24) is 15.0 Å². The van der Waals surface area contributed by atoms with Gasteiger partial charge in [-0.1, -0.05) is 194 Å². The van der Waals surface area contributed by atoms with E-state index in [1.54, 1.807) is 0 Å². The number of para-hydroxylation sites is 1. The molecule has 2 heterocycles. The minimum Gasteiger partial charge on any atom is -0.455 e. The van der Waals surface area contributed by atoms with Crippen LogP contribution in [0.15, 0.2) is 217 Å². The minimum absolute atomic E-state index is 0.592. The highest BCUT2D eigenvalue weighted by atomic mass is 16.3. The van der Waals surface area contributed by atoms with Crippen molar-refractivity contribution in [2.24, 2.45) is 0 Å². The van der Waals surface area contributed by atoms with Crippen molar-refractivity contribution in [2.45, 2.75) is 0 Å². The van der Waals surface area contributed by atoms with Crippen LogP contribution in [0, 0.1) is 0 Å². The van der Waals surface area contributed by atoms with Crippen molar-refractivity contribution in [2.75, 3.05) is 0 Å². The third-order valence-electron chi connectivity index (χ3n) is 11.9. The molecule has 4 heteroatoms. The summed E-state index contributed by atoms with van der Waals surface area (Å²) in [4.78, 5) is 15.7. The Morgan fingerprint density at radius 3 is 1.30 bits per heavy atom. The van der Waals surface area contributed by atoms with Crippen molar-refractivity contribution in [3.8, 4) is 67.5 Å². The molecule has 0 bridgehead atoms. The Labute approximate surface area is 352 Å². The van der Waals surface area contributed by atoms with Crippen LogP contribution in [-0.4, -0.2) is 15.0 Å². The van der Waals surface area contributed by atoms with Crippen LogP contribution >= 0.6 is 0 Å². The third kappa shape index (κ3) is 5.96. The maximum Gasteiger partial charge on any atom is 0.164 e. The molecule has 0 saturated heterocycles. The van der Waals surface area contributed by atoms with E-state index in [2.05, 4.69) is 176 Å². The molecule has 12 aromatic rings. The number of fused-ring (bicyclic) bond motifs is 10. The van der Waals surface area contributed by atoms with Crippen LogP contribution < -0.4 is 0 Å². The van der Waals surface area contributed by atoms with Crippen molar-refractivity contribution >= 4 is 54.3 Å². The van der Waals surface area contributed by atoms with Gasteiger partial charge in [0.05, 0.1) is 0 Å². The van der Waals surface area contributed by atoms with Crippen LogP contribution in [-0.2, 0) is 0 Å². The molecule has 0 saturated carbocycles. The fraction of sp³-hybridized carbons (Fsp3) is 0. The summed E-state index contributed by atoms with van der Waals surface area (Å²) in [5.74, 6) is 1.81. The SMILES string of the molecule is c1ccc(-c2ccc(-c3cccc(-c4ccc(-c5nc(-c6ccccc6)nc(-c6cc7c8ccccc8c8ccccc8c7c7oc8ccccc8c67)n5)cc4)c3)cc2)cc1. The van der Waals surface area contributed by atoms with Gasteiger partial charge in [0.1, 0.15) is 11.2 Å². The summed E-state index contributed by atoms with van der Waals surface area (Å²) in [5, 5.41) is 8.89. The summed E-state index contributed by atoms with van der Waals surface area (Å²) < 4.78 is 6.86. The molecular weight excluding hydrogens is 743 g/mol. The monoisotopic (exact) mass is 777 g/mol. The summed E-state index contributed by atoms with van der Waals surface area (Å²) >= 11 is 0. The van der Waals surface area contributed by atoms with Crippen molar-refractivity contribution in [1.29, 1.82) is 0 Å². The number of aromatic nitrogens is 3. The second kappa shape index (κ2) is 14.3. The first-order valence-corrected chi connectivity index (χ1v) is 20.6. The maximum absolute atomic E-state index is 6.86. The fourth-order valence-electron chi connectivity index (χ4n) is 8.96. The van der Waals surface area contributed by atoms with Crippen LogP contribution in [0.3, 0.4) is 0 Å². The minimum atomic E-state index is 0.592. The molecule has 10 aromatic carbocycles. The normalized spacial score (nSPS) is 11.6. The molecule has 12 rings (SSSR count). The van der Waals surface area contributed by atoms with E-state index in [1.807, 2.05) is 36.4 Å². The number of hydrogen-bond donors (Lipinski definition) is 0. The van der Waals surface area contributed by atoms with E-state index in [0.29, 0.717) is 17.5 Å². The van der Waals surface area contributed by atoms with E-state index in [4.69, 9.17) is 19.4 Å². The lowest BCUT2D eigenvalue weighted by Gasteiger charge is -2.14. The summed E-state index contributed by atoms with van der Waals surface area (Å²) in [6.07, 6.45) is 0. The third-order valence-corrected chi connectivity index (χ3v) is 11.9. The first-order valence-electron chi connectivity index (χ1n) is 20.6. The average molecular weight is 778 g/mol. The molecule has 284 valence electrons. The number of furan rings is 1. The highest BCUT2D eigenvalue weighted by molar-refractivity contribution is 6.34. The Morgan fingerprint density at radius 2 is 0.672 bits per heavy atom. The molecule has 0 aliphatic rings. The molecule has 2 aromatic heterocycles. The smallest absolute Gasteiger partial charge is 0.164 e. The zero-order valence-electron chi connectivity index (χ0n) is 33.0. The molecule has 0 radical (unpaired) electrons. The first kappa shape index (κ1) is 34.8. The molecule has 0 aliphatic heterocycles. The van der Waals surface area contributed by atoms with E-state index in [0.717, 1.165) is 71.3 Å². The number of rotatable bonds is 6. The molecule has 61 heavy (non-hydrogen) atoms. The lowest BCUT2D eigenvalue weighted by molar-refractivity contribution is 0.673. The van der Waals surface area contributed by atoms with Crippen LogP contribution in [0.1, 0.15) is 0 Å². The number of hydrogen-bond acceptors (Lipinski definition) is 4. The fourth-order valence-corrected chi connectivity index (χ4v) is 8.96. The highest BCUT2D eigenvalue weighted by Crippen LogP contribution is 2.46. The largest absolute Gasteiger partial charge is 0.455 e. The van der Waals surface area contributed by atoms with E-state index in [9.17, 15) is 0 Å². The van der Waals surface area contributed by atoms with E-state index >= 15 is 0 Å². The van der Waals surface area contributed by atoms with Gasteiger partial charge in [0, 0.05) is 32.8 Å². The zero-order chi connectivity index (χ0) is 40.3. The molecule has 0 unspecified atom stereocenters. The van der Waals surface area contributed by atoms with Gasteiger partial charge in [0.15, 0.2) is 17.5 Å². The second-order valence-electron chi connectivity index (χ2n) is 15.5.